The predicted molar refractivity (Wildman–Crippen MR) is 129 cm³/mol. The molecule has 2 heterocycles. The molecule has 186 valence electrons. The Labute approximate surface area is 203 Å². The highest BCUT2D eigenvalue weighted by Gasteiger charge is 2.28. The number of amides is 1. The van der Waals surface area contributed by atoms with Gasteiger partial charge in [0.25, 0.3) is 5.91 Å². The van der Waals surface area contributed by atoms with Gasteiger partial charge in [-0.15, -0.1) is 0 Å². The van der Waals surface area contributed by atoms with E-state index in [1.165, 1.54) is 6.07 Å². The third-order valence-electron chi connectivity index (χ3n) is 6.03. The van der Waals surface area contributed by atoms with E-state index >= 15 is 0 Å². The number of carbonyl (C=O) groups excluding carboxylic acids is 1. The number of aromatic amines is 1. The lowest BCUT2D eigenvalue weighted by atomic mass is 9.85. The van der Waals surface area contributed by atoms with Gasteiger partial charge in [0.2, 0.25) is 0 Å². The molecule has 0 atom stereocenters. The second-order valence-electron chi connectivity index (χ2n) is 9.09. The Morgan fingerprint density at radius 2 is 2.06 bits per heavy atom. The van der Waals surface area contributed by atoms with Crippen molar-refractivity contribution in [1.82, 2.24) is 14.9 Å². The number of benzene rings is 1. The van der Waals surface area contributed by atoms with E-state index in [9.17, 15) is 23.9 Å². The fourth-order valence-corrected chi connectivity index (χ4v) is 3.99. The van der Waals surface area contributed by atoms with Crippen LogP contribution in [0.4, 0.5) is 8.78 Å². The van der Waals surface area contributed by atoms with Crippen LogP contribution < -0.4 is 4.74 Å². The van der Waals surface area contributed by atoms with Crippen molar-refractivity contribution in [1.29, 1.82) is 5.26 Å². The third-order valence-corrected chi connectivity index (χ3v) is 6.03. The van der Waals surface area contributed by atoms with Crippen LogP contribution >= 0.6 is 0 Å². The normalized spacial score (nSPS) is 15.6. The van der Waals surface area contributed by atoms with Crippen LogP contribution in [0, 0.1) is 23.7 Å². The standard InChI is InChI=1S/C26H30F2N4O3/c1-5-6-18(26(3,4)15-29)13-22-30-14-20(31-22)17-11-16(2)23(21(12-17)35-25(27)28)24(34)32-9-7-19(33)8-10-32/h5-6,11-14,19,25,33H,7-10H2,1-4H3,(H,30,31)/b6-5-,18-13+. The average Bonchev–Trinajstić information content (AvgIpc) is 3.27. The molecule has 1 amide bonds. The van der Waals surface area contributed by atoms with Crippen LogP contribution in [0.15, 0.2) is 36.1 Å². The van der Waals surface area contributed by atoms with Crippen LogP contribution in [0.2, 0.25) is 0 Å². The summed E-state index contributed by atoms with van der Waals surface area (Å²) in [5.74, 6) is -0.116. The van der Waals surface area contributed by atoms with E-state index in [1.54, 1.807) is 44.0 Å². The number of alkyl halides is 2. The fraction of sp³-hybridized carbons (Fsp3) is 0.423. The number of nitrogens with zero attached hydrogens (tertiary/aromatic N) is 3. The minimum Gasteiger partial charge on any atom is -0.434 e. The Hall–Kier alpha value is -3.51. The Bertz CT molecular complexity index is 1170. The molecule has 9 heteroatoms. The number of rotatable bonds is 7. The van der Waals surface area contributed by atoms with Crippen molar-refractivity contribution in [3.63, 3.8) is 0 Å². The highest BCUT2D eigenvalue weighted by Crippen LogP contribution is 2.33. The Morgan fingerprint density at radius 3 is 2.66 bits per heavy atom. The molecule has 0 aliphatic carbocycles. The number of carbonyl (C=O) groups is 1. The molecule has 1 saturated heterocycles. The monoisotopic (exact) mass is 484 g/mol. The van der Waals surface area contributed by atoms with Gasteiger partial charge in [-0.3, -0.25) is 4.79 Å². The molecule has 0 radical (unpaired) electrons. The second kappa shape index (κ2) is 10.8. The number of aryl methyl sites for hydroxylation is 1. The minimum absolute atomic E-state index is 0.0798. The van der Waals surface area contributed by atoms with Crippen molar-refractivity contribution in [2.24, 2.45) is 5.41 Å². The zero-order valence-electron chi connectivity index (χ0n) is 20.3. The summed E-state index contributed by atoms with van der Waals surface area (Å²) in [5, 5.41) is 19.2. The van der Waals surface area contributed by atoms with Crippen LogP contribution in [-0.4, -0.2) is 51.7 Å². The van der Waals surface area contributed by atoms with Crippen LogP contribution in [0.25, 0.3) is 17.3 Å². The maximum Gasteiger partial charge on any atom is 0.387 e. The Kier molecular flexibility index (Phi) is 8.07. The van der Waals surface area contributed by atoms with E-state index in [4.69, 9.17) is 4.74 Å². The summed E-state index contributed by atoms with van der Waals surface area (Å²) in [5.41, 5.74) is 1.67. The van der Waals surface area contributed by atoms with E-state index in [-0.39, 0.29) is 11.3 Å². The molecule has 0 saturated carbocycles. The van der Waals surface area contributed by atoms with E-state index in [0.29, 0.717) is 48.6 Å². The zero-order valence-corrected chi connectivity index (χ0v) is 20.3. The molecule has 0 unspecified atom stereocenters. The molecule has 1 fully saturated rings. The number of piperidine rings is 1. The summed E-state index contributed by atoms with van der Waals surface area (Å²) in [6.45, 7) is 4.73. The van der Waals surface area contributed by atoms with Crippen molar-refractivity contribution in [3.05, 3.63) is 53.0 Å². The zero-order chi connectivity index (χ0) is 25.8. The number of hydrogen-bond donors (Lipinski definition) is 2. The van der Waals surface area contributed by atoms with Crippen LogP contribution in [0.1, 0.15) is 55.4 Å². The number of ether oxygens (including phenoxy) is 1. The number of imidazole rings is 1. The molecule has 1 aromatic carbocycles. The largest absolute Gasteiger partial charge is 0.434 e. The second-order valence-corrected chi connectivity index (χ2v) is 9.09. The van der Waals surface area contributed by atoms with Gasteiger partial charge in [-0.1, -0.05) is 12.2 Å². The summed E-state index contributed by atoms with van der Waals surface area (Å²) in [4.78, 5) is 22.2. The first-order valence-corrected chi connectivity index (χ1v) is 11.4. The number of hydrogen-bond acceptors (Lipinski definition) is 5. The fourth-order valence-electron chi connectivity index (χ4n) is 3.99. The summed E-state index contributed by atoms with van der Waals surface area (Å²) < 4.78 is 31.3. The van der Waals surface area contributed by atoms with E-state index in [2.05, 4.69) is 16.0 Å². The molecule has 1 aromatic heterocycles. The quantitative estimate of drug-likeness (QED) is 0.533. The number of nitriles is 1. The van der Waals surface area contributed by atoms with Crippen LogP contribution in [0.3, 0.4) is 0 Å². The average molecular weight is 485 g/mol. The molecule has 3 rings (SSSR count). The Morgan fingerprint density at radius 1 is 1.37 bits per heavy atom. The van der Waals surface area contributed by atoms with Crippen molar-refractivity contribution < 1.29 is 23.4 Å². The Balaban J connectivity index is 1.99. The van der Waals surface area contributed by atoms with Gasteiger partial charge in [0.15, 0.2) is 0 Å². The van der Waals surface area contributed by atoms with E-state index in [1.807, 2.05) is 19.1 Å². The van der Waals surface area contributed by atoms with Gasteiger partial charge in [-0.2, -0.15) is 14.0 Å². The summed E-state index contributed by atoms with van der Waals surface area (Å²) in [6, 6.07) is 5.39. The molecular formula is C26H30F2N4O3. The first-order chi connectivity index (χ1) is 16.6. The lowest BCUT2D eigenvalue weighted by molar-refractivity contribution is -0.0503. The van der Waals surface area contributed by atoms with E-state index in [0.717, 1.165) is 5.57 Å². The topological polar surface area (TPSA) is 102 Å². The van der Waals surface area contributed by atoms with Crippen molar-refractivity contribution in [2.75, 3.05) is 13.1 Å². The number of aromatic nitrogens is 2. The van der Waals surface area contributed by atoms with Gasteiger partial charge < -0.3 is 19.7 Å². The van der Waals surface area contributed by atoms with Crippen molar-refractivity contribution in [3.8, 4) is 23.1 Å². The number of allylic oxidation sites excluding steroid dienone is 3. The third kappa shape index (κ3) is 6.14. The number of nitrogens with one attached hydrogen (secondary N) is 1. The number of aliphatic hydroxyl groups is 1. The van der Waals surface area contributed by atoms with Crippen molar-refractivity contribution >= 4 is 12.0 Å². The lowest BCUT2D eigenvalue weighted by Gasteiger charge is -2.30. The minimum atomic E-state index is -3.10. The van der Waals surface area contributed by atoms with Crippen LogP contribution in [-0.2, 0) is 0 Å². The summed E-state index contributed by atoms with van der Waals surface area (Å²) >= 11 is 0. The van der Waals surface area contributed by atoms with Gasteiger partial charge in [0.05, 0.1) is 35.0 Å². The molecular weight excluding hydrogens is 454 g/mol. The molecule has 1 aliphatic heterocycles. The molecule has 0 spiro atoms. The molecule has 2 aromatic rings. The highest BCUT2D eigenvalue weighted by molar-refractivity contribution is 5.99. The van der Waals surface area contributed by atoms with Gasteiger partial charge in [-0.05, 0) is 69.9 Å². The molecule has 0 bridgehead atoms. The van der Waals surface area contributed by atoms with Gasteiger partial charge >= 0.3 is 6.61 Å². The molecule has 35 heavy (non-hydrogen) atoms. The summed E-state index contributed by atoms with van der Waals surface area (Å²) in [7, 11) is 0. The smallest absolute Gasteiger partial charge is 0.387 e. The molecule has 7 nitrogen and oxygen atoms in total. The summed E-state index contributed by atoms with van der Waals surface area (Å²) in [6.07, 6.45) is 7.42. The highest BCUT2D eigenvalue weighted by atomic mass is 19.3. The van der Waals surface area contributed by atoms with Gasteiger partial charge in [-0.25, -0.2) is 4.98 Å². The number of aliphatic hydroxyl groups excluding tert-OH is 1. The number of halogens is 2. The van der Waals surface area contributed by atoms with Crippen molar-refractivity contribution in [2.45, 2.75) is 53.3 Å². The molecule has 1 aliphatic rings. The van der Waals surface area contributed by atoms with E-state index < -0.39 is 24.0 Å². The SMILES string of the molecule is C/C=C\C(=C/c1ncc(-c2cc(C)c(C(=O)N3CCC(O)CC3)c(OC(F)F)c2)[nH]1)C(C)(C)C#N. The van der Waals surface area contributed by atoms with Gasteiger partial charge in [0.1, 0.15) is 11.6 Å². The number of H-pyrrole nitrogens is 1. The lowest BCUT2D eigenvalue weighted by Crippen LogP contribution is -2.40. The number of likely N-dealkylation sites (tertiary alicyclic amines) is 1. The maximum absolute atomic E-state index is 13.2. The predicted octanol–water partition coefficient (Wildman–Crippen LogP) is 5.09. The maximum atomic E-state index is 13.2. The first-order valence-electron chi connectivity index (χ1n) is 11.4. The molecule has 2 N–H and O–H groups in total. The van der Waals surface area contributed by atoms with Gasteiger partial charge in [0, 0.05) is 18.7 Å². The first kappa shape index (κ1) is 26.1. The van der Waals surface area contributed by atoms with Crippen LogP contribution in [0.5, 0.6) is 5.75 Å².